The number of terminal acetylenes is 1. The second-order valence-corrected chi connectivity index (χ2v) is 1.96. The van der Waals surface area contributed by atoms with E-state index < -0.39 is 0 Å². The lowest BCUT2D eigenvalue weighted by molar-refractivity contribution is 0.627. The minimum Gasteiger partial charge on any atom is -0.320 e. The molecule has 0 rings (SSSR count). The molecule has 0 aliphatic rings. The number of hydrogen-bond donors (Lipinski definition) is 1. The third kappa shape index (κ3) is 3.70. The van der Waals surface area contributed by atoms with Crippen LogP contribution in [-0.2, 0) is 0 Å². The number of rotatable bonds is 3. The van der Waals surface area contributed by atoms with E-state index in [4.69, 9.17) is 6.42 Å². The van der Waals surface area contributed by atoms with E-state index in [9.17, 15) is 0 Å². The zero-order chi connectivity index (χ0) is 6.41. The van der Waals surface area contributed by atoms with Gasteiger partial charge in [-0.25, -0.2) is 0 Å². The molecule has 1 N–H and O–H groups in total. The van der Waals surface area contributed by atoms with Gasteiger partial charge in [0.2, 0.25) is 0 Å². The van der Waals surface area contributed by atoms with Crippen molar-refractivity contribution in [2.24, 2.45) is 5.92 Å². The maximum Gasteiger partial charge on any atom is 0.0184 e. The van der Waals surface area contributed by atoms with E-state index in [1.165, 1.54) is 0 Å². The molecule has 0 spiro atoms. The average Bonchev–Trinajstić information content (AvgIpc) is 1.83. The zero-order valence-corrected chi connectivity index (χ0v) is 5.57. The summed E-state index contributed by atoms with van der Waals surface area (Å²) >= 11 is 0. The molecule has 0 amide bonds. The fourth-order valence-electron chi connectivity index (χ4n) is 0.444. The Labute approximate surface area is 51.5 Å². The molecule has 8 heavy (non-hydrogen) atoms. The van der Waals surface area contributed by atoms with Crippen LogP contribution in [-0.4, -0.2) is 13.6 Å². The predicted molar refractivity (Wildman–Crippen MR) is 36.5 cm³/mol. The molecule has 0 bridgehead atoms. The smallest absolute Gasteiger partial charge is 0.0184 e. The topological polar surface area (TPSA) is 12.0 Å². The van der Waals surface area contributed by atoms with Gasteiger partial charge in [-0.05, 0) is 20.0 Å². The molecule has 0 aromatic rings. The van der Waals surface area contributed by atoms with E-state index in [1.807, 2.05) is 7.05 Å². The van der Waals surface area contributed by atoms with Crippen molar-refractivity contribution < 1.29 is 0 Å². The molecule has 1 unspecified atom stereocenters. The van der Waals surface area contributed by atoms with Crippen molar-refractivity contribution in [3.8, 4) is 12.3 Å². The quantitative estimate of drug-likeness (QED) is 0.533. The molecule has 0 aliphatic carbocycles. The molecule has 1 heteroatoms. The lowest BCUT2D eigenvalue weighted by Gasteiger charge is -2.00. The van der Waals surface area contributed by atoms with E-state index >= 15 is 0 Å². The molecular weight excluding hydrogens is 98.1 g/mol. The number of nitrogens with one attached hydrogen (secondary N) is 1. The summed E-state index contributed by atoms with van der Waals surface area (Å²) in [6, 6.07) is 0. The Morgan fingerprint density at radius 1 is 1.75 bits per heavy atom. The second-order valence-electron chi connectivity index (χ2n) is 1.96. The highest BCUT2D eigenvalue weighted by molar-refractivity contribution is 4.90. The highest BCUT2D eigenvalue weighted by Gasteiger charge is 1.91. The highest BCUT2D eigenvalue weighted by atomic mass is 14.8. The van der Waals surface area contributed by atoms with Gasteiger partial charge in [0.05, 0.1) is 0 Å². The summed E-state index contributed by atoms with van der Waals surface area (Å²) in [6.07, 6.45) is 6.21. The summed E-state index contributed by atoms with van der Waals surface area (Å²) in [6.45, 7) is 3.07. The molecule has 1 nitrogen and oxygen atoms in total. The van der Waals surface area contributed by atoms with Crippen molar-refractivity contribution in [3.05, 3.63) is 0 Å². The Morgan fingerprint density at radius 3 is 2.75 bits per heavy atom. The first-order valence-electron chi connectivity index (χ1n) is 2.92. The van der Waals surface area contributed by atoms with E-state index in [1.54, 1.807) is 0 Å². The van der Waals surface area contributed by atoms with E-state index in [0.29, 0.717) is 5.92 Å². The van der Waals surface area contributed by atoms with Crippen LogP contribution in [0.15, 0.2) is 0 Å². The van der Waals surface area contributed by atoms with Crippen LogP contribution < -0.4 is 5.32 Å². The molecular formula is C7H13N. The van der Waals surface area contributed by atoms with Crippen LogP contribution in [0.2, 0.25) is 0 Å². The van der Waals surface area contributed by atoms with Crippen molar-refractivity contribution in [3.63, 3.8) is 0 Å². The van der Waals surface area contributed by atoms with Gasteiger partial charge in [-0.15, -0.1) is 12.3 Å². The minimum atomic E-state index is 0.419. The minimum absolute atomic E-state index is 0.419. The Morgan fingerprint density at radius 2 is 2.38 bits per heavy atom. The largest absolute Gasteiger partial charge is 0.320 e. The van der Waals surface area contributed by atoms with Gasteiger partial charge in [0, 0.05) is 5.92 Å². The van der Waals surface area contributed by atoms with Gasteiger partial charge in [-0.3, -0.25) is 0 Å². The summed E-state index contributed by atoms with van der Waals surface area (Å²) in [5.41, 5.74) is 0. The molecule has 0 saturated heterocycles. The summed E-state index contributed by atoms with van der Waals surface area (Å²) < 4.78 is 0. The van der Waals surface area contributed by atoms with Gasteiger partial charge in [-0.1, -0.05) is 6.92 Å². The van der Waals surface area contributed by atoms with Crippen LogP contribution in [0.3, 0.4) is 0 Å². The van der Waals surface area contributed by atoms with Crippen molar-refractivity contribution >= 4 is 0 Å². The lowest BCUT2D eigenvalue weighted by Crippen LogP contribution is -2.10. The molecule has 0 radical (unpaired) electrons. The maximum atomic E-state index is 5.14. The van der Waals surface area contributed by atoms with Gasteiger partial charge in [0.1, 0.15) is 0 Å². The zero-order valence-electron chi connectivity index (χ0n) is 5.57. The fourth-order valence-corrected chi connectivity index (χ4v) is 0.444. The summed E-state index contributed by atoms with van der Waals surface area (Å²) in [7, 11) is 1.93. The van der Waals surface area contributed by atoms with E-state index in [0.717, 1.165) is 13.0 Å². The van der Waals surface area contributed by atoms with Gasteiger partial charge in [-0.2, -0.15) is 0 Å². The van der Waals surface area contributed by atoms with Crippen LogP contribution in [0.25, 0.3) is 0 Å². The van der Waals surface area contributed by atoms with Gasteiger partial charge in [0.25, 0.3) is 0 Å². The summed E-state index contributed by atoms with van der Waals surface area (Å²) in [5, 5.41) is 3.04. The first-order valence-corrected chi connectivity index (χ1v) is 2.92. The monoisotopic (exact) mass is 111 g/mol. The highest BCUT2D eigenvalue weighted by Crippen LogP contribution is 1.95. The summed E-state index contributed by atoms with van der Waals surface area (Å²) in [4.78, 5) is 0. The lowest BCUT2D eigenvalue weighted by atomic mass is 10.1. The van der Waals surface area contributed by atoms with E-state index in [-0.39, 0.29) is 0 Å². The third-order valence-electron chi connectivity index (χ3n) is 1.11. The molecule has 0 saturated carbocycles. The molecule has 0 heterocycles. The SMILES string of the molecule is C#CC(C)CCNC. The van der Waals surface area contributed by atoms with Gasteiger partial charge < -0.3 is 5.32 Å². The maximum absolute atomic E-state index is 5.14. The Balaban J connectivity index is 3.02. The molecule has 0 aromatic heterocycles. The van der Waals surface area contributed by atoms with E-state index in [2.05, 4.69) is 18.2 Å². The molecule has 0 aliphatic heterocycles. The third-order valence-corrected chi connectivity index (χ3v) is 1.11. The second kappa shape index (κ2) is 4.67. The standard InChI is InChI=1S/C7H13N/c1-4-7(2)5-6-8-3/h1,7-8H,5-6H2,2-3H3. The van der Waals surface area contributed by atoms with Crippen LogP contribution in [0.4, 0.5) is 0 Å². The van der Waals surface area contributed by atoms with Gasteiger partial charge >= 0.3 is 0 Å². The van der Waals surface area contributed by atoms with Crippen LogP contribution >= 0.6 is 0 Å². The molecule has 46 valence electrons. The number of hydrogen-bond acceptors (Lipinski definition) is 1. The van der Waals surface area contributed by atoms with Gasteiger partial charge in [0.15, 0.2) is 0 Å². The van der Waals surface area contributed by atoms with Crippen LogP contribution in [0.1, 0.15) is 13.3 Å². The van der Waals surface area contributed by atoms with Crippen LogP contribution in [0.5, 0.6) is 0 Å². The van der Waals surface area contributed by atoms with Crippen molar-refractivity contribution in [2.75, 3.05) is 13.6 Å². The molecule has 0 fully saturated rings. The summed E-state index contributed by atoms with van der Waals surface area (Å²) in [5.74, 6) is 3.08. The Kier molecular flexibility index (Phi) is 4.39. The van der Waals surface area contributed by atoms with Crippen molar-refractivity contribution in [1.82, 2.24) is 5.32 Å². The molecule has 0 aromatic carbocycles. The fraction of sp³-hybridized carbons (Fsp3) is 0.714. The predicted octanol–water partition coefficient (Wildman–Crippen LogP) is 0.865. The Bertz CT molecular complexity index is 80.9. The first-order chi connectivity index (χ1) is 3.81. The van der Waals surface area contributed by atoms with Crippen molar-refractivity contribution in [2.45, 2.75) is 13.3 Å². The van der Waals surface area contributed by atoms with Crippen LogP contribution in [0, 0.1) is 18.3 Å². The average molecular weight is 111 g/mol. The van der Waals surface area contributed by atoms with Crippen molar-refractivity contribution in [1.29, 1.82) is 0 Å². The first kappa shape index (κ1) is 7.52. The normalized spacial score (nSPS) is 12.6. The molecule has 1 atom stereocenters. The Hall–Kier alpha value is -0.480.